The second-order valence-electron chi connectivity index (χ2n) is 7.74. The molecule has 0 unspecified atom stereocenters. The number of carbonyl (C=O) groups excluding carboxylic acids is 4. The fourth-order valence-electron chi connectivity index (χ4n) is 2.47. The van der Waals surface area contributed by atoms with Crippen molar-refractivity contribution in [3.8, 4) is 0 Å². The molecule has 0 radical (unpaired) electrons. The normalized spacial score (nSPS) is 14.7. The van der Waals surface area contributed by atoms with Gasteiger partial charge in [0.25, 0.3) is 0 Å². The molecule has 8 N–H and O–H groups in total. The van der Waals surface area contributed by atoms with E-state index in [-0.39, 0.29) is 18.3 Å². The zero-order valence-electron chi connectivity index (χ0n) is 18.4. The van der Waals surface area contributed by atoms with Gasteiger partial charge < -0.3 is 37.2 Å². The van der Waals surface area contributed by atoms with E-state index in [4.69, 9.17) is 10.8 Å². The van der Waals surface area contributed by atoms with E-state index in [9.17, 15) is 29.1 Å². The van der Waals surface area contributed by atoms with Gasteiger partial charge in [-0.1, -0.05) is 34.1 Å². The van der Waals surface area contributed by atoms with E-state index < -0.39 is 67.4 Å². The van der Waals surface area contributed by atoms with Gasteiger partial charge in [-0.25, -0.2) is 4.79 Å². The molecule has 0 spiro atoms. The van der Waals surface area contributed by atoms with Crippen molar-refractivity contribution in [2.45, 2.75) is 58.7 Å². The second-order valence-corrected chi connectivity index (χ2v) is 7.74. The summed E-state index contributed by atoms with van der Waals surface area (Å²) in [5.41, 5.74) is 5.76. The first-order valence-electron chi connectivity index (χ1n) is 10.2. The van der Waals surface area contributed by atoms with Crippen molar-refractivity contribution in [2.75, 3.05) is 19.7 Å². The molecule has 0 aromatic rings. The largest absolute Gasteiger partial charge is 0.480 e. The number of nitrogens with one attached hydrogen (secondary N) is 4. The second kappa shape index (κ2) is 14.3. The predicted octanol–water partition coefficient (Wildman–Crippen LogP) is -2.32. The summed E-state index contributed by atoms with van der Waals surface area (Å²) in [4.78, 5) is 59.0. The van der Waals surface area contributed by atoms with Crippen LogP contribution in [0, 0.1) is 11.8 Å². The number of rotatable bonds is 14. The van der Waals surface area contributed by atoms with Gasteiger partial charge in [-0.3, -0.25) is 19.2 Å². The molecule has 0 fully saturated rings. The Morgan fingerprint density at radius 2 is 1.35 bits per heavy atom. The zero-order chi connectivity index (χ0) is 24.1. The Labute approximate surface area is 181 Å². The van der Waals surface area contributed by atoms with E-state index in [2.05, 4.69) is 21.3 Å². The van der Waals surface area contributed by atoms with E-state index in [1.54, 1.807) is 20.8 Å². The molecule has 31 heavy (non-hydrogen) atoms. The molecular weight excluding hydrogens is 410 g/mol. The van der Waals surface area contributed by atoms with Gasteiger partial charge in [0.05, 0.1) is 25.7 Å². The maximum absolute atomic E-state index is 12.1. The molecule has 12 heteroatoms. The Hall–Kier alpha value is -2.73. The van der Waals surface area contributed by atoms with E-state index in [1.807, 2.05) is 6.92 Å². The lowest BCUT2D eigenvalue weighted by Crippen LogP contribution is -2.54. The molecule has 4 atom stereocenters. The van der Waals surface area contributed by atoms with Crippen LogP contribution in [0.2, 0.25) is 0 Å². The summed E-state index contributed by atoms with van der Waals surface area (Å²) < 4.78 is 0. The van der Waals surface area contributed by atoms with Gasteiger partial charge in [0, 0.05) is 0 Å². The highest BCUT2D eigenvalue weighted by Gasteiger charge is 2.24. The van der Waals surface area contributed by atoms with Crippen LogP contribution in [0.5, 0.6) is 0 Å². The number of carboxylic acid groups (broad SMARTS) is 1. The predicted molar refractivity (Wildman–Crippen MR) is 111 cm³/mol. The number of hydrogen-bond donors (Lipinski definition) is 7. The molecular formula is C19H35N5O7. The minimum absolute atomic E-state index is 0.0326. The molecule has 0 rings (SSSR count). The molecule has 4 amide bonds. The number of hydrogen-bond acceptors (Lipinski definition) is 7. The summed E-state index contributed by atoms with van der Waals surface area (Å²) in [7, 11) is 0. The van der Waals surface area contributed by atoms with E-state index in [0.717, 1.165) is 0 Å². The molecule has 12 nitrogen and oxygen atoms in total. The van der Waals surface area contributed by atoms with Crippen molar-refractivity contribution < 1.29 is 34.2 Å². The van der Waals surface area contributed by atoms with Gasteiger partial charge in [0.2, 0.25) is 23.6 Å². The lowest BCUT2D eigenvalue weighted by Gasteiger charge is -2.19. The van der Waals surface area contributed by atoms with Crippen LogP contribution in [0.25, 0.3) is 0 Å². The van der Waals surface area contributed by atoms with E-state index >= 15 is 0 Å². The quantitative estimate of drug-likeness (QED) is 0.154. The van der Waals surface area contributed by atoms with Gasteiger partial charge in [0.15, 0.2) is 0 Å². The summed E-state index contributed by atoms with van der Waals surface area (Å²) in [5, 5.41) is 27.6. The van der Waals surface area contributed by atoms with Crippen molar-refractivity contribution in [1.82, 2.24) is 21.3 Å². The molecule has 0 aromatic carbocycles. The van der Waals surface area contributed by atoms with Crippen LogP contribution in [0.3, 0.4) is 0 Å². The molecule has 0 aliphatic heterocycles. The van der Waals surface area contributed by atoms with Gasteiger partial charge >= 0.3 is 5.97 Å². The number of aliphatic hydroxyl groups excluding tert-OH is 1. The molecule has 0 aromatic heterocycles. The molecule has 0 aliphatic carbocycles. The maximum Gasteiger partial charge on any atom is 0.326 e. The summed E-state index contributed by atoms with van der Waals surface area (Å²) in [5.74, 6) is -4.05. The number of aliphatic hydroxyl groups is 1. The van der Waals surface area contributed by atoms with Crippen LogP contribution in [-0.2, 0) is 24.0 Å². The Balaban J connectivity index is 4.54. The lowest BCUT2D eigenvalue weighted by molar-refractivity contribution is -0.142. The number of aliphatic carboxylic acids is 1. The standard InChI is InChI=1S/C19H35N5O7/c1-5-11(4)16(20)18(29)22-8-15(27)24-13(9-25)17(28)21-7-14(26)23-12(19(30)31)6-10(2)3/h10-13,16,25H,5-9,20H2,1-4H3,(H,21,28)(H,22,29)(H,23,26)(H,24,27)(H,30,31)/t11-,12-,13-,16-/m0/s1. The first-order chi connectivity index (χ1) is 14.4. The van der Waals surface area contributed by atoms with Gasteiger partial charge in [0.1, 0.15) is 12.1 Å². The van der Waals surface area contributed by atoms with Crippen LogP contribution in [0.15, 0.2) is 0 Å². The van der Waals surface area contributed by atoms with E-state index in [1.165, 1.54) is 0 Å². The summed E-state index contributed by atoms with van der Waals surface area (Å²) in [6.45, 7) is 5.56. The Morgan fingerprint density at radius 1 is 0.871 bits per heavy atom. The van der Waals surface area contributed by atoms with Gasteiger partial charge in [-0.2, -0.15) is 0 Å². The highest BCUT2D eigenvalue weighted by atomic mass is 16.4. The number of carbonyl (C=O) groups is 5. The van der Waals surface area contributed by atoms with Crippen LogP contribution in [-0.4, -0.2) is 77.6 Å². The topological polar surface area (TPSA) is 200 Å². The van der Waals surface area contributed by atoms with Gasteiger partial charge in [-0.15, -0.1) is 0 Å². The van der Waals surface area contributed by atoms with Crippen molar-refractivity contribution >= 4 is 29.6 Å². The molecule has 0 aliphatic rings. The smallest absolute Gasteiger partial charge is 0.326 e. The van der Waals surface area contributed by atoms with Crippen LogP contribution in [0.4, 0.5) is 0 Å². The summed E-state index contributed by atoms with van der Waals surface area (Å²) in [6.07, 6.45) is 0.905. The number of amides is 4. The van der Waals surface area contributed by atoms with Crippen LogP contribution < -0.4 is 27.0 Å². The van der Waals surface area contributed by atoms with Crippen molar-refractivity contribution in [2.24, 2.45) is 17.6 Å². The van der Waals surface area contributed by atoms with Crippen LogP contribution in [0.1, 0.15) is 40.5 Å². The fourth-order valence-corrected chi connectivity index (χ4v) is 2.47. The molecule has 0 bridgehead atoms. The zero-order valence-corrected chi connectivity index (χ0v) is 18.4. The van der Waals surface area contributed by atoms with Crippen LogP contribution >= 0.6 is 0 Å². The first kappa shape index (κ1) is 28.3. The number of nitrogens with two attached hydrogens (primary N) is 1. The molecule has 178 valence electrons. The molecule has 0 saturated carbocycles. The average Bonchev–Trinajstić information content (AvgIpc) is 2.71. The third-order valence-electron chi connectivity index (χ3n) is 4.58. The van der Waals surface area contributed by atoms with Gasteiger partial charge in [-0.05, 0) is 18.3 Å². The fraction of sp³-hybridized carbons (Fsp3) is 0.737. The Bertz CT molecular complexity index is 641. The van der Waals surface area contributed by atoms with Crippen molar-refractivity contribution in [3.63, 3.8) is 0 Å². The van der Waals surface area contributed by atoms with Crippen molar-refractivity contribution in [1.29, 1.82) is 0 Å². The highest BCUT2D eigenvalue weighted by Crippen LogP contribution is 2.05. The van der Waals surface area contributed by atoms with E-state index in [0.29, 0.717) is 6.42 Å². The minimum atomic E-state index is -1.36. The SMILES string of the molecule is CC[C@H](C)[C@H](N)C(=O)NCC(=O)N[C@@H](CO)C(=O)NCC(=O)N[C@@H](CC(C)C)C(=O)O. The van der Waals surface area contributed by atoms with Crippen molar-refractivity contribution in [3.05, 3.63) is 0 Å². The first-order valence-corrected chi connectivity index (χ1v) is 10.2. The Kier molecular flexibility index (Phi) is 13.0. The Morgan fingerprint density at radius 3 is 1.77 bits per heavy atom. The molecule has 0 saturated heterocycles. The highest BCUT2D eigenvalue weighted by molar-refractivity contribution is 5.93. The third kappa shape index (κ3) is 11.3. The monoisotopic (exact) mass is 445 g/mol. The molecule has 0 heterocycles. The number of carboxylic acids is 1. The third-order valence-corrected chi connectivity index (χ3v) is 4.58. The lowest BCUT2D eigenvalue weighted by atomic mass is 9.99. The summed E-state index contributed by atoms with van der Waals surface area (Å²) in [6, 6.07) is -3.23. The maximum atomic E-state index is 12.1. The minimum Gasteiger partial charge on any atom is -0.480 e. The summed E-state index contributed by atoms with van der Waals surface area (Å²) >= 11 is 0. The average molecular weight is 446 g/mol.